The minimum absolute atomic E-state index is 0.128. The molecule has 82 valence electrons. The molecule has 1 unspecified atom stereocenters. The van der Waals surface area contributed by atoms with Crippen LogP contribution >= 0.6 is 0 Å². The fourth-order valence-electron chi connectivity index (χ4n) is 1.17. The van der Waals surface area contributed by atoms with Crippen LogP contribution in [-0.2, 0) is 6.54 Å². The molecule has 4 nitrogen and oxygen atoms in total. The lowest BCUT2D eigenvalue weighted by atomic mass is 10.1. The van der Waals surface area contributed by atoms with Gasteiger partial charge in [0.25, 0.3) is 0 Å². The lowest BCUT2D eigenvalue weighted by Crippen LogP contribution is -2.38. The van der Waals surface area contributed by atoms with Crippen molar-refractivity contribution in [2.75, 3.05) is 0 Å². The van der Waals surface area contributed by atoms with Gasteiger partial charge in [0.2, 0.25) is 0 Å². The van der Waals surface area contributed by atoms with Crippen LogP contribution < -0.4 is 11.1 Å². The Hall–Kier alpha value is -1.55. The number of oxime groups is 1. The van der Waals surface area contributed by atoms with Crippen molar-refractivity contribution >= 4 is 5.84 Å². The lowest BCUT2D eigenvalue weighted by Gasteiger charge is -2.11. The van der Waals surface area contributed by atoms with Crippen LogP contribution in [0.3, 0.4) is 0 Å². The topological polar surface area (TPSA) is 70.6 Å². The van der Waals surface area contributed by atoms with Crippen molar-refractivity contribution in [1.82, 2.24) is 5.32 Å². The summed E-state index contributed by atoms with van der Waals surface area (Å²) in [5, 5.41) is 14.6. The zero-order chi connectivity index (χ0) is 11.3. The van der Waals surface area contributed by atoms with Crippen molar-refractivity contribution in [3.63, 3.8) is 0 Å². The Labute approximate surface area is 89.8 Å². The summed E-state index contributed by atoms with van der Waals surface area (Å²) < 4.78 is 0. The van der Waals surface area contributed by atoms with Crippen LogP contribution in [0.25, 0.3) is 0 Å². The van der Waals surface area contributed by atoms with E-state index in [1.165, 1.54) is 11.1 Å². The molecule has 0 aliphatic heterocycles. The zero-order valence-corrected chi connectivity index (χ0v) is 9.07. The maximum Gasteiger partial charge on any atom is 0.156 e. The molecule has 0 fully saturated rings. The summed E-state index contributed by atoms with van der Waals surface area (Å²) in [6, 6.07) is 8.11. The summed E-state index contributed by atoms with van der Waals surface area (Å²) in [5.74, 6) is 0.196. The molecule has 0 aliphatic carbocycles. The van der Waals surface area contributed by atoms with Crippen LogP contribution in [0.15, 0.2) is 29.4 Å². The van der Waals surface area contributed by atoms with Gasteiger partial charge < -0.3 is 16.3 Å². The number of hydrogen-bond acceptors (Lipinski definition) is 3. The summed E-state index contributed by atoms with van der Waals surface area (Å²) in [4.78, 5) is 0. The molecule has 0 amide bonds. The van der Waals surface area contributed by atoms with Gasteiger partial charge in [-0.3, -0.25) is 0 Å². The molecule has 15 heavy (non-hydrogen) atoms. The molecular formula is C11H17N3O. The molecule has 1 rings (SSSR count). The molecule has 0 radical (unpaired) electrons. The van der Waals surface area contributed by atoms with E-state index in [-0.39, 0.29) is 11.9 Å². The quantitative estimate of drug-likeness (QED) is 0.301. The van der Waals surface area contributed by atoms with Gasteiger partial charge in [-0.05, 0) is 19.4 Å². The average molecular weight is 207 g/mol. The van der Waals surface area contributed by atoms with E-state index < -0.39 is 0 Å². The average Bonchev–Trinajstić information content (AvgIpc) is 2.26. The second-order valence-corrected chi connectivity index (χ2v) is 3.61. The molecule has 0 bridgehead atoms. The molecule has 1 aromatic carbocycles. The molecule has 0 aromatic heterocycles. The second kappa shape index (κ2) is 5.36. The van der Waals surface area contributed by atoms with Crippen LogP contribution in [0.1, 0.15) is 18.1 Å². The molecule has 0 heterocycles. The van der Waals surface area contributed by atoms with Gasteiger partial charge in [0, 0.05) is 6.54 Å². The summed E-state index contributed by atoms with van der Waals surface area (Å²) >= 11 is 0. The number of benzene rings is 1. The Morgan fingerprint density at radius 1 is 1.47 bits per heavy atom. The second-order valence-electron chi connectivity index (χ2n) is 3.61. The van der Waals surface area contributed by atoms with Gasteiger partial charge in [-0.25, -0.2) is 0 Å². The number of hydrogen-bond donors (Lipinski definition) is 3. The normalized spacial score (nSPS) is 13.9. The van der Waals surface area contributed by atoms with Crippen molar-refractivity contribution in [2.45, 2.75) is 26.4 Å². The highest BCUT2D eigenvalue weighted by atomic mass is 16.4. The number of rotatable bonds is 4. The first-order valence-electron chi connectivity index (χ1n) is 4.90. The lowest BCUT2D eigenvalue weighted by molar-refractivity contribution is 0.315. The molecule has 1 aromatic rings. The number of amidine groups is 1. The van der Waals surface area contributed by atoms with Gasteiger partial charge in [-0.2, -0.15) is 0 Å². The Kier molecular flexibility index (Phi) is 4.12. The SMILES string of the molecule is Cc1ccc(CNC(C)C(N)=NO)cc1. The van der Waals surface area contributed by atoms with E-state index in [0.717, 1.165) is 0 Å². The molecule has 4 N–H and O–H groups in total. The smallest absolute Gasteiger partial charge is 0.156 e. The number of aryl methyl sites for hydroxylation is 1. The minimum atomic E-state index is -0.128. The third-order valence-electron chi connectivity index (χ3n) is 2.29. The predicted molar refractivity (Wildman–Crippen MR) is 60.9 cm³/mol. The maximum atomic E-state index is 8.46. The summed E-state index contributed by atoms with van der Waals surface area (Å²) in [6.45, 7) is 4.61. The van der Waals surface area contributed by atoms with Crippen LogP contribution in [0, 0.1) is 6.92 Å². The van der Waals surface area contributed by atoms with E-state index in [1.54, 1.807) is 0 Å². The summed E-state index contributed by atoms with van der Waals surface area (Å²) in [5.41, 5.74) is 7.86. The van der Waals surface area contributed by atoms with E-state index in [9.17, 15) is 0 Å². The monoisotopic (exact) mass is 207 g/mol. The summed E-state index contributed by atoms with van der Waals surface area (Å²) in [6.07, 6.45) is 0. The zero-order valence-electron chi connectivity index (χ0n) is 9.07. The standard InChI is InChI=1S/C11H17N3O/c1-8-3-5-10(6-4-8)7-13-9(2)11(12)14-15/h3-6,9,13,15H,7H2,1-2H3,(H2,12,14). The Bertz CT molecular complexity index is 332. The van der Waals surface area contributed by atoms with Gasteiger partial charge >= 0.3 is 0 Å². The van der Waals surface area contributed by atoms with E-state index >= 15 is 0 Å². The third kappa shape index (κ3) is 3.59. The van der Waals surface area contributed by atoms with E-state index in [0.29, 0.717) is 6.54 Å². The molecule has 0 aliphatic rings. The van der Waals surface area contributed by atoms with Crippen molar-refractivity contribution < 1.29 is 5.21 Å². The highest BCUT2D eigenvalue weighted by molar-refractivity contribution is 5.84. The van der Waals surface area contributed by atoms with Gasteiger partial charge in [0.15, 0.2) is 5.84 Å². The summed E-state index contributed by atoms with van der Waals surface area (Å²) in [7, 11) is 0. The van der Waals surface area contributed by atoms with Crippen LogP contribution in [0.4, 0.5) is 0 Å². The molecule has 1 atom stereocenters. The largest absolute Gasteiger partial charge is 0.409 e. The fraction of sp³-hybridized carbons (Fsp3) is 0.364. The maximum absolute atomic E-state index is 8.46. The Balaban J connectivity index is 2.47. The number of nitrogens with two attached hydrogens (primary N) is 1. The van der Waals surface area contributed by atoms with Gasteiger partial charge in [-0.1, -0.05) is 35.0 Å². The third-order valence-corrected chi connectivity index (χ3v) is 2.29. The first kappa shape index (κ1) is 11.5. The van der Waals surface area contributed by atoms with E-state index in [1.807, 2.05) is 6.92 Å². The van der Waals surface area contributed by atoms with Crippen molar-refractivity contribution in [3.8, 4) is 0 Å². The van der Waals surface area contributed by atoms with Gasteiger partial charge in [0.1, 0.15) is 0 Å². The predicted octanol–water partition coefficient (Wildman–Crippen LogP) is 1.22. The van der Waals surface area contributed by atoms with Gasteiger partial charge in [-0.15, -0.1) is 0 Å². The van der Waals surface area contributed by atoms with Crippen molar-refractivity contribution in [3.05, 3.63) is 35.4 Å². The van der Waals surface area contributed by atoms with Crippen LogP contribution in [0.5, 0.6) is 0 Å². The molecular weight excluding hydrogens is 190 g/mol. The van der Waals surface area contributed by atoms with E-state index in [4.69, 9.17) is 10.9 Å². The van der Waals surface area contributed by atoms with E-state index in [2.05, 4.69) is 41.7 Å². The molecule has 0 saturated carbocycles. The highest BCUT2D eigenvalue weighted by Gasteiger charge is 2.05. The van der Waals surface area contributed by atoms with Crippen molar-refractivity contribution in [2.24, 2.45) is 10.9 Å². The molecule has 0 saturated heterocycles. The van der Waals surface area contributed by atoms with Crippen LogP contribution in [0.2, 0.25) is 0 Å². The minimum Gasteiger partial charge on any atom is -0.409 e. The van der Waals surface area contributed by atoms with Crippen LogP contribution in [-0.4, -0.2) is 17.1 Å². The van der Waals surface area contributed by atoms with Gasteiger partial charge in [0.05, 0.1) is 6.04 Å². The first-order chi connectivity index (χ1) is 7.13. The Morgan fingerprint density at radius 2 is 2.07 bits per heavy atom. The first-order valence-corrected chi connectivity index (χ1v) is 4.90. The number of nitrogens with zero attached hydrogens (tertiary/aromatic N) is 1. The number of nitrogens with one attached hydrogen (secondary N) is 1. The fourth-order valence-corrected chi connectivity index (χ4v) is 1.17. The molecule has 0 spiro atoms. The highest BCUT2D eigenvalue weighted by Crippen LogP contribution is 2.02. The van der Waals surface area contributed by atoms with Crippen molar-refractivity contribution in [1.29, 1.82) is 0 Å². The molecule has 4 heteroatoms. The Morgan fingerprint density at radius 3 is 2.60 bits per heavy atom.